The first-order chi connectivity index (χ1) is 10.6. The van der Waals surface area contributed by atoms with Crippen molar-refractivity contribution in [3.63, 3.8) is 0 Å². The van der Waals surface area contributed by atoms with Gasteiger partial charge in [0.2, 0.25) is 0 Å². The van der Waals surface area contributed by atoms with E-state index in [9.17, 15) is 4.39 Å². The third kappa shape index (κ3) is 6.42. The van der Waals surface area contributed by atoms with E-state index < -0.39 is 0 Å². The van der Waals surface area contributed by atoms with Crippen LogP contribution in [0.1, 0.15) is 22.4 Å². The second-order valence-electron chi connectivity index (χ2n) is 5.00. The van der Waals surface area contributed by atoms with Crippen molar-refractivity contribution in [1.82, 2.24) is 15.2 Å². The van der Waals surface area contributed by atoms with Crippen LogP contribution < -0.4 is 5.32 Å². The second-order valence-corrected chi connectivity index (χ2v) is 6.32. The van der Waals surface area contributed by atoms with Crippen molar-refractivity contribution in [2.45, 2.75) is 26.9 Å². The maximum atomic E-state index is 13.3. The van der Waals surface area contributed by atoms with E-state index in [1.54, 1.807) is 23.5 Å². The molecule has 0 aliphatic heterocycles. The molecule has 1 heterocycles. The topological polar surface area (TPSA) is 40.5 Å². The Kier molecular flexibility index (Phi) is 8.46. The SMILES string of the molecule is CCNC(=NCc1cnc(C)s1)N(C)Cc1cccc(F)c1.I. The molecule has 0 saturated carbocycles. The molecular formula is C16H22FIN4S. The molecule has 7 heteroatoms. The van der Waals surface area contributed by atoms with Crippen molar-refractivity contribution < 1.29 is 4.39 Å². The first kappa shape index (κ1) is 19.8. The van der Waals surface area contributed by atoms with Crippen molar-refractivity contribution in [3.8, 4) is 0 Å². The molecule has 2 aromatic rings. The fourth-order valence-corrected chi connectivity index (χ4v) is 2.80. The summed E-state index contributed by atoms with van der Waals surface area (Å²) in [6.07, 6.45) is 1.86. The molecule has 1 N–H and O–H groups in total. The van der Waals surface area contributed by atoms with Crippen molar-refractivity contribution in [2.24, 2.45) is 4.99 Å². The fourth-order valence-electron chi connectivity index (χ4n) is 2.08. The van der Waals surface area contributed by atoms with Gasteiger partial charge in [0, 0.05) is 31.2 Å². The summed E-state index contributed by atoms with van der Waals surface area (Å²) in [6.45, 7) is 6.00. The molecule has 126 valence electrons. The number of nitrogens with one attached hydrogen (secondary N) is 1. The highest BCUT2D eigenvalue weighted by Crippen LogP contribution is 2.13. The number of nitrogens with zero attached hydrogens (tertiary/aromatic N) is 3. The summed E-state index contributed by atoms with van der Waals surface area (Å²) in [4.78, 5) is 12.0. The quantitative estimate of drug-likeness (QED) is 0.430. The minimum absolute atomic E-state index is 0. The van der Waals surface area contributed by atoms with Crippen LogP contribution in [0, 0.1) is 12.7 Å². The van der Waals surface area contributed by atoms with Crippen molar-refractivity contribution in [1.29, 1.82) is 0 Å². The van der Waals surface area contributed by atoms with Crippen LogP contribution >= 0.6 is 35.3 Å². The van der Waals surface area contributed by atoms with E-state index in [4.69, 9.17) is 0 Å². The molecule has 2 rings (SSSR count). The first-order valence-corrected chi connectivity index (χ1v) is 8.05. The summed E-state index contributed by atoms with van der Waals surface area (Å²) in [6, 6.07) is 6.64. The molecule has 4 nitrogen and oxygen atoms in total. The second kappa shape index (κ2) is 9.82. The minimum Gasteiger partial charge on any atom is -0.357 e. The molecule has 0 aliphatic rings. The van der Waals surface area contributed by atoms with Crippen LogP contribution in [-0.2, 0) is 13.1 Å². The lowest BCUT2D eigenvalue weighted by Crippen LogP contribution is -2.38. The molecular weight excluding hydrogens is 426 g/mol. The zero-order valence-electron chi connectivity index (χ0n) is 13.5. The molecule has 0 saturated heterocycles. The number of hydrogen-bond donors (Lipinski definition) is 1. The third-order valence-corrected chi connectivity index (χ3v) is 3.96. The van der Waals surface area contributed by atoms with Gasteiger partial charge >= 0.3 is 0 Å². The van der Waals surface area contributed by atoms with Crippen molar-refractivity contribution in [2.75, 3.05) is 13.6 Å². The van der Waals surface area contributed by atoms with E-state index in [0.717, 1.165) is 28.0 Å². The largest absolute Gasteiger partial charge is 0.357 e. The van der Waals surface area contributed by atoms with Crippen LogP contribution in [0.15, 0.2) is 35.5 Å². The Morgan fingerprint density at radius 2 is 2.22 bits per heavy atom. The van der Waals surface area contributed by atoms with E-state index in [1.165, 1.54) is 6.07 Å². The molecule has 0 radical (unpaired) electrons. The zero-order valence-corrected chi connectivity index (χ0v) is 16.7. The number of aromatic nitrogens is 1. The summed E-state index contributed by atoms with van der Waals surface area (Å²) < 4.78 is 13.3. The number of aliphatic imine (C=N–C) groups is 1. The van der Waals surface area contributed by atoms with Crippen LogP contribution in [-0.4, -0.2) is 29.4 Å². The van der Waals surface area contributed by atoms with Gasteiger partial charge in [-0.1, -0.05) is 12.1 Å². The maximum absolute atomic E-state index is 13.3. The Bertz CT molecular complexity index is 645. The average Bonchev–Trinajstić information content (AvgIpc) is 2.89. The normalized spacial score (nSPS) is 11.0. The number of benzene rings is 1. The Morgan fingerprint density at radius 3 is 2.83 bits per heavy atom. The molecule has 1 aromatic heterocycles. The summed E-state index contributed by atoms with van der Waals surface area (Å²) >= 11 is 1.65. The van der Waals surface area contributed by atoms with E-state index in [-0.39, 0.29) is 29.8 Å². The van der Waals surface area contributed by atoms with Gasteiger partial charge in [-0.15, -0.1) is 35.3 Å². The molecule has 0 amide bonds. The monoisotopic (exact) mass is 448 g/mol. The predicted octanol–water partition coefficient (Wildman–Crippen LogP) is 3.81. The first-order valence-electron chi connectivity index (χ1n) is 7.23. The fraction of sp³-hybridized carbons (Fsp3) is 0.375. The van der Waals surface area contributed by atoms with Gasteiger partial charge in [0.05, 0.1) is 11.6 Å². The van der Waals surface area contributed by atoms with Crippen molar-refractivity contribution in [3.05, 3.63) is 51.7 Å². The number of guanidine groups is 1. The summed E-state index contributed by atoms with van der Waals surface area (Å²) in [5.41, 5.74) is 0.918. The lowest BCUT2D eigenvalue weighted by molar-refractivity contribution is 0.475. The van der Waals surface area contributed by atoms with Gasteiger partial charge in [-0.25, -0.2) is 14.4 Å². The van der Waals surface area contributed by atoms with Crippen LogP contribution in [0.5, 0.6) is 0 Å². The molecule has 0 atom stereocenters. The van der Waals surface area contributed by atoms with Crippen LogP contribution in [0.4, 0.5) is 4.39 Å². The molecule has 0 spiro atoms. The summed E-state index contributed by atoms with van der Waals surface area (Å²) in [5, 5.41) is 4.31. The van der Waals surface area contributed by atoms with E-state index in [0.29, 0.717) is 13.1 Å². The van der Waals surface area contributed by atoms with Gasteiger partial charge in [0.1, 0.15) is 5.82 Å². The number of aryl methyl sites for hydroxylation is 1. The zero-order chi connectivity index (χ0) is 15.9. The molecule has 23 heavy (non-hydrogen) atoms. The number of halogens is 2. The Hall–Kier alpha value is -1.22. The highest BCUT2D eigenvalue weighted by Gasteiger charge is 2.07. The van der Waals surface area contributed by atoms with Crippen molar-refractivity contribution >= 4 is 41.3 Å². The van der Waals surface area contributed by atoms with Gasteiger partial charge in [-0.2, -0.15) is 0 Å². The van der Waals surface area contributed by atoms with E-state index >= 15 is 0 Å². The highest BCUT2D eigenvalue weighted by molar-refractivity contribution is 14.0. The van der Waals surface area contributed by atoms with Crippen LogP contribution in [0.2, 0.25) is 0 Å². The lowest BCUT2D eigenvalue weighted by atomic mass is 10.2. The standard InChI is InChI=1S/C16H21FN4S.HI/c1-4-18-16(20-10-15-9-19-12(2)22-15)21(3)11-13-6-5-7-14(17)8-13;/h5-9H,4,10-11H2,1-3H3,(H,18,20);1H. The lowest BCUT2D eigenvalue weighted by Gasteiger charge is -2.22. The molecule has 0 aliphatic carbocycles. The summed E-state index contributed by atoms with van der Waals surface area (Å²) in [5.74, 6) is 0.589. The van der Waals surface area contributed by atoms with Gasteiger partial charge in [0.15, 0.2) is 5.96 Å². The predicted molar refractivity (Wildman–Crippen MR) is 105 cm³/mol. The van der Waals surface area contributed by atoms with Gasteiger partial charge in [-0.05, 0) is 31.5 Å². The van der Waals surface area contributed by atoms with Gasteiger partial charge in [-0.3, -0.25) is 0 Å². The van der Waals surface area contributed by atoms with Crippen LogP contribution in [0.25, 0.3) is 0 Å². The van der Waals surface area contributed by atoms with E-state index in [1.807, 2.05) is 38.1 Å². The Balaban J connectivity index is 0.00000264. The smallest absolute Gasteiger partial charge is 0.194 e. The van der Waals surface area contributed by atoms with E-state index in [2.05, 4.69) is 15.3 Å². The molecule has 0 unspecified atom stereocenters. The van der Waals surface area contributed by atoms with Gasteiger partial charge in [0.25, 0.3) is 0 Å². The Labute approximate surface area is 157 Å². The minimum atomic E-state index is -0.215. The summed E-state index contributed by atoms with van der Waals surface area (Å²) in [7, 11) is 1.95. The number of hydrogen-bond acceptors (Lipinski definition) is 3. The Morgan fingerprint density at radius 1 is 1.43 bits per heavy atom. The molecule has 0 bridgehead atoms. The number of rotatable bonds is 5. The maximum Gasteiger partial charge on any atom is 0.194 e. The number of thiazole rings is 1. The highest BCUT2D eigenvalue weighted by atomic mass is 127. The molecule has 0 fully saturated rings. The average molecular weight is 448 g/mol. The molecule has 1 aromatic carbocycles. The van der Waals surface area contributed by atoms with Crippen LogP contribution in [0.3, 0.4) is 0 Å². The van der Waals surface area contributed by atoms with Gasteiger partial charge < -0.3 is 10.2 Å². The third-order valence-electron chi connectivity index (χ3n) is 3.06.